The number of aromatic carboxylic acids is 1. The fraction of sp³-hybridized carbons (Fsp3) is 0.385. The molecule has 2 N–H and O–H groups in total. The van der Waals surface area contributed by atoms with Crippen LogP contribution in [0.2, 0.25) is 0 Å². The van der Waals surface area contributed by atoms with Crippen molar-refractivity contribution in [3.05, 3.63) is 34.9 Å². The lowest BCUT2D eigenvalue weighted by Crippen LogP contribution is -2.21. The molecule has 0 aliphatic rings. The summed E-state index contributed by atoms with van der Waals surface area (Å²) in [5, 5.41) is 8.96. The SMILES string of the molecule is CC.CC(=O)NOCc1c(C)cccc1C(=O)O. The predicted molar refractivity (Wildman–Crippen MR) is 68.1 cm³/mol. The molecule has 5 heteroatoms. The molecule has 1 rings (SSSR count). The first-order chi connectivity index (χ1) is 8.52. The normalized spacial score (nSPS) is 9.11. The number of hydrogen-bond acceptors (Lipinski definition) is 3. The second kappa shape index (κ2) is 8.25. The standard InChI is InChI=1S/C11H13NO4.C2H6/c1-7-4-3-5-9(11(14)15)10(7)6-16-12-8(2)13;1-2/h3-5H,6H2,1-2H3,(H,12,13)(H,14,15);1-2H3. The highest BCUT2D eigenvalue weighted by atomic mass is 16.6. The monoisotopic (exact) mass is 253 g/mol. The minimum absolute atomic E-state index is 0.0356. The van der Waals surface area contributed by atoms with Crippen LogP contribution in [0.5, 0.6) is 0 Å². The van der Waals surface area contributed by atoms with Gasteiger partial charge in [-0.1, -0.05) is 26.0 Å². The number of benzene rings is 1. The number of nitrogens with one attached hydrogen (secondary N) is 1. The van der Waals surface area contributed by atoms with E-state index in [4.69, 9.17) is 9.94 Å². The molecule has 0 aliphatic heterocycles. The molecule has 0 unspecified atom stereocenters. The van der Waals surface area contributed by atoms with Crippen LogP contribution >= 0.6 is 0 Å². The van der Waals surface area contributed by atoms with Gasteiger partial charge in [0.05, 0.1) is 5.56 Å². The van der Waals surface area contributed by atoms with Crippen molar-refractivity contribution in [1.82, 2.24) is 5.48 Å². The van der Waals surface area contributed by atoms with Crippen LogP contribution < -0.4 is 5.48 Å². The Hall–Kier alpha value is -1.88. The summed E-state index contributed by atoms with van der Waals surface area (Å²) < 4.78 is 0. The van der Waals surface area contributed by atoms with Crippen LogP contribution in [0.3, 0.4) is 0 Å². The minimum atomic E-state index is -1.01. The maximum absolute atomic E-state index is 10.9. The molecule has 0 aliphatic carbocycles. The number of rotatable bonds is 4. The van der Waals surface area contributed by atoms with E-state index in [0.29, 0.717) is 5.56 Å². The zero-order chi connectivity index (χ0) is 14.1. The maximum atomic E-state index is 10.9. The van der Waals surface area contributed by atoms with E-state index in [-0.39, 0.29) is 18.1 Å². The van der Waals surface area contributed by atoms with E-state index in [1.54, 1.807) is 19.1 Å². The molecule has 0 aromatic heterocycles. The van der Waals surface area contributed by atoms with Crippen molar-refractivity contribution in [2.24, 2.45) is 0 Å². The summed E-state index contributed by atoms with van der Waals surface area (Å²) in [5.41, 5.74) is 3.71. The number of carbonyl (C=O) groups excluding carboxylic acids is 1. The summed E-state index contributed by atoms with van der Waals surface area (Å²) in [6, 6.07) is 4.96. The number of carbonyl (C=O) groups is 2. The molecule has 18 heavy (non-hydrogen) atoms. The topological polar surface area (TPSA) is 75.6 Å². The largest absolute Gasteiger partial charge is 0.478 e. The summed E-state index contributed by atoms with van der Waals surface area (Å²) in [4.78, 5) is 26.4. The van der Waals surface area contributed by atoms with Crippen molar-refractivity contribution >= 4 is 11.9 Å². The fourth-order valence-electron chi connectivity index (χ4n) is 1.30. The van der Waals surface area contributed by atoms with Gasteiger partial charge in [-0.15, -0.1) is 0 Å². The van der Waals surface area contributed by atoms with Crippen molar-refractivity contribution in [3.63, 3.8) is 0 Å². The molecule has 0 saturated heterocycles. The number of carboxylic acids is 1. The van der Waals surface area contributed by atoms with Crippen LogP contribution in [0.25, 0.3) is 0 Å². The van der Waals surface area contributed by atoms with Crippen molar-refractivity contribution in [1.29, 1.82) is 0 Å². The van der Waals surface area contributed by atoms with Crippen molar-refractivity contribution in [2.75, 3.05) is 0 Å². The third kappa shape index (κ3) is 4.97. The second-order valence-electron chi connectivity index (χ2n) is 3.35. The van der Waals surface area contributed by atoms with Gasteiger partial charge in [0.25, 0.3) is 0 Å². The molecule has 5 nitrogen and oxygen atoms in total. The summed E-state index contributed by atoms with van der Waals surface area (Å²) in [7, 11) is 0. The zero-order valence-corrected chi connectivity index (χ0v) is 11.1. The summed E-state index contributed by atoms with van der Waals surface area (Å²) in [5.74, 6) is -1.34. The highest BCUT2D eigenvalue weighted by Gasteiger charge is 2.11. The number of carboxylic acid groups (broad SMARTS) is 1. The highest BCUT2D eigenvalue weighted by Crippen LogP contribution is 2.15. The van der Waals surface area contributed by atoms with Crippen molar-refractivity contribution in [3.8, 4) is 0 Å². The second-order valence-corrected chi connectivity index (χ2v) is 3.35. The van der Waals surface area contributed by atoms with Gasteiger partial charge in [-0.25, -0.2) is 10.3 Å². The lowest BCUT2D eigenvalue weighted by Gasteiger charge is -2.09. The third-order valence-corrected chi connectivity index (χ3v) is 2.07. The van der Waals surface area contributed by atoms with E-state index >= 15 is 0 Å². The lowest BCUT2D eigenvalue weighted by molar-refractivity contribution is -0.132. The molecule has 0 heterocycles. The van der Waals surface area contributed by atoms with Gasteiger partial charge in [0.1, 0.15) is 6.61 Å². The van der Waals surface area contributed by atoms with Crippen LogP contribution in [0.15, 0.2) is 18.2 Å². The maximum Gasteiger partial charge on any atom is 0.336 e. The molecular formula is C13H19NO4. The molecule has 0 radical (unpaired) electrons. The molecule has 100 valence electrons. The van der Waals surface area contributed by atoms with E-state index in [0.717, 1.165) is 5.56 Å². The van der Waals surface area contributed by atoms with E-state index in [1.165, 1.54) is 13.0 Å². The average Bonchev–Trinajstić information content (AvgIpc) is 2.33. The predicted octanol–water partition coefficient (Wildman–Crippen LogP) is 2.29. The Labute approximate surface area is 107 Å². The molecule has 0 spiro atoms. The van der Waals surface area contributed by atoms with E-state index in [1.807, 2.05) is 13.8 Å². The van der Waals surface area contributed by atoms with E-state index < -0.39 is 5.97 Å². The molecule has 1 aromatic carbocycles. The molecule has 1 aromatic rings. The van der Waals surface area contributed by atoms with Crippen LogP contribution in [0.4, 0.5) is 0 Å². The van der Waals surface area contributed by atoms with Gasteiger partial charge in [-0.3, -0.25) is 9.63 Å². The zero-order valence-electron chi connectivity index (χ0n) is 11.1. The Morgan fingerprint density at radius 3 is 2.44 bits per heavy atom. The van der Waals surface area contributed by atoms with Crippen LogP contribution in [0, 0.1) is 6.92 Å². The molecule has 1 amide bonds. The third-order valence-electron chi connectivity index (χ3n) is 2.07. The minimum Gasteiger partial charge on any atom is -0.478 e. The van der Waals surface area contributed by atoms with E-state index in [2.05, 4.69) is 5.48 Å². The van der Waals surface area contributed by atoms with Gasteiger partial charge in [0, 0.05) is 6.92 Å². The molecule has 0 atom stereocenters. The highest BCUT2D eigenvalue weighted by molar-refractivity contribution is 5.89. The van der Waals surface area contributed by atoms with Crippen LogP contribution in [0.1, 0.15) is 42.3 Å². The van der Waals surface area contributed by atoms with Crippen molar-refractivity contribution in [2.45, 2.75) is 34.3 Å². The Kier molecular flexibility index (Phi) is 7.38. The molecular weight excluding hydrogens is 234 g/mol. The fourth-order valence-corrected chi connectivity index (χ4v) is 1.30. The first kappa shape index (κ1) is 16.1. The van der Waals surface area contributed by atoms with Crippen LogP contribution in [-0.4, -0.2) is 17.0 Å². The number of amides is 1. The van der Waals surface area contributed by atoms with Gasteiger partial charge in [-0.2, -0.15) is 0 Å². The first-order valence-corrected chi connectivity index (χ1v) is 5.72. The van der Waals surface area contributed by atoms with E-state index in [9.17, 15) is 9.59 Å². The Morgan fingerprint density at radius 1 is 1.33 bits per heavy atom. The Balaban J connectivity index is 0.00000137. The van der Waals surface area contributed by atoms with Gasteiger partial charge >= 0.3 is 5.97 Å². The van der Waals surface area contributed by atoms with Gasteiger partial charge in [0.2, 0.25) is 5.91 Å². The van der Waals surface area contributed by atoms with Gasteiger partial charge in [-0.05, 0) is 24.1 Å². The number of hydroxylamine groups is 1. The van der Waals surface area contributed by atoms with Crippen LogP contribution in [-0.2, 0) is 16.2 Å². The summed E-state index contributed by atoms with van der Waals surface area (Å²) >= 11 is 0. The molecule has 0 fully saturated rings. The quantitative estimate of drug-likeness (QED) is 0.807. The van der Waals surface area contributed by atoms with Gasteiger partial charge < -0.3 is 5.11 Å². The lowest BCUT2D eigenvalue weighted by atomic mass is 10.0. The average molecular weight is 253 g/mol. The number of aryl methyl sites for hydroxylation is 1. The summed E-state index contributed by atoms with van der Waals surface area (Å²) in [6.07, 6.45) is 0. The smallest absolute Gasteiger partial charge is 0.336 e. The summed E-state index contributed by atoms with van der Waals surface area (Å²) in [6.45, 7) is 7.14. The first-order valence-electron chi connectivity index (χ1n) is 5.72. The van der Waals surface area contributed by atoms with Crippen molar-refractivity contribution < 1.29 is 19.5 Å². The Morgan fingerprint density at radius 2 is 1.94 bits per heavy atom. The Bertz CT molecular complexity index is 415. The molecule has 0 saturated carbocycles. The molecule has 0 bridgehead atoms. The van der Waals surface area contributed by atoms with Gasteiger partial charge in [0.15, 0.2) is 0 Å². The number of hydrogen-bond donors (Lipinski definition) is 2.